The van der Waals surface area contributed by atoms with E-state index in [0.29, 0.717) is 23.5 Å². The van der Waals surface area contributed by atoms with Gasteiger partial charge in [0, 0.05) is 19.0 Å². The minimum atomic E-state index is -0.383. The van der Waals surface area contributed by atoms with Crippen molar-refractivity contribution in [3.8, 4) is 0 Å². The fourth-order valence-corrected chi connectivity index (χ4v) is 6.08. The van der Waals surface area contributed by atoms with Crippen LogP contribution in [0.25, 0.3) is 0 Å². The molecule has 1 saturated carbocycles. The van der Waals surface area contributed by atoms with Gasteiger partial charge in [0.2, 0.25) is 5.91 Å². The van der Waals surface area contributed by atoms with Crippen LogP contribution in [-0.4, -0.2) is 57.8 Å². The molecule has 0 spiro atoms. The summed E-state index contributed by atoms with van der Waals surface area (Å²) in [5.74, 6) is 3.04. The van der Waals surface area contributed by atoms with Crippen molar-refractivity contribution < 1.29 is 15.0 Å². The molecule has 1 heterocycles. The minimum Gasteiger partial charge on any atom is -0.392 e. The SMILES string of the molecule is CCCCC[C@H](O)C=C[C@@H]1[C@H]2CC(CCSCC(=O)N3CCCC3)=C[C@H]2C[C@H]1O. The fourth-order valence-electron chi connectivity index (χ4n) is 5.17. The van der Waals surface area contributed by atoms with Crippen LogP contribution in [0.4, 0.5) is 0 Å². The fraction of sp³-hybridized carbons (Fsp3) is 0.792. The quantitative estimate of drug-likeness (QED) is 0.388. The average molecular weight is 422 g/mol. The topological polar surface area (TPSA) is 60.8 Å². The van der Waals surface area contributed by atoms with Crippen molar-refractivity contribution in [1.29, 1.82) is 0 Å². The molecule has 2 aliphatic carbocycles. The Balaban J connectivity index is 1.38. The summed E-state index contributed by atoms with van der Waals surface area (Å²) >= 11 is 1.76. The molecular weight excluding hydrogens is 382 g/mol. The van der Waals surface area contributed by atoms with E-state index < -0.39 is 0 Å². The summed E-state index contributed by atoms with van der Waals surface area (Å²) in [5, 5.41) is 20.6. The number of aliphatic hydroxyl groups is 2. The lowest BCUT2D eigenvalue weighted by Crippen LogP contribution is -2.29. The summed E-state index contributed by atoms with van der Waals surface area (Å²) in [7, 11) is 0. The van der Waals surface area contributed by atoms with E-state index in [9.17, 15) is 15.0 Å². The highest BCUT2D eigenvalue weighted by Crippen LogP contribution is 2.48. The first-order chi connectivity index (χ1) is 14.1. The Bertz CT molecular complexity index is 585. The number of nitrogens with zero attached hydrogens (tertiary/aromatic N) is 1. The number of rotatable bonds is 11. The van der Waals surface area contributed by atoms with Gasteiger partial charge in [-0.2, -0.15) is 11.8 Å². The van der Waals surface area contributed by atoms with E-state index in [0.717, 1.165) is 70.2 Å². The van der Waals surface area contributed by atoms with Crippen LogP contribution in [0.5, 0.6) is 0 Å². The van der Waals surface area contributed by atoms with Crippen LogP contribution >= 0.6 is 11.8 Å². The van der Waals surface area contributed by atoms with Crippen LogP contribution in [0.15, 0.2) is 23.8 Å². The van der Waals surface area contributed by atoms with E-state index in [1.807, 2.05) is 11.0 Å². The largest absolute Gasteiger partial charge is 0.392 e. The van der Waals surface area contributed by atoms with E-state index in [-0.39, 0.29) is 18.1 Å². The number of thioether (sulfide) groups is 1. The van der Waals surface area contributed by atoms with Crippen molar-refractivity contribution in [2.45, 2.75) is 76.9 Å². The van der Waals surface area contributed by atoms with Gasteiger partial charge in [0.05, 0.1) is 18.0 Å². The summed E-state index contributed by atoms with van der Waals surface area (Å²) in [6, 6.07) is 0. The first-order valence-electron chi connectivity index (χ1n) is 11.7. The molecule has 3 rings (SSSR count). The second-order valence-electron chi connectivity index (χ2n) is 9.08. The number of hydrogen-bond acceptors (Lipinski definition) is 4. The zero-order valence-electron chi connectivity index (χ0n) is 18.0. The molecule has 2 N–H and O–H groups in total. The first kappa shape index (κ1) is 22.9. The van der Waals surface area contributed by atoms with Gasteiger partial charge in [-0.3, -0.25) is 4.79 Å². The minimum absolute atomic E-state index is 0.166. The van der Waals surface area contributed by atoms with Gasteiger partial charge in [0.15, 0.2) is 0 Å². The van der Waals surface area contributed by atoms with Gasteiger partial charge >= 0.3 is 0 Å². The Morgan fingerprint density at radius 3 is 2.90 bits per heavy atom. The van der Waals surface area contributed by atoms with Gasteiger partial charge < -0.3 is 15.1 Å². The summed E-state index contributed by atoms with van der Waals surface area (Å²) in [5.41, 5.74) is 1.50. The molecule has 0 radical (unpaired) electrons. The van der Waals surface area contributed by atoms with Crippen LogP contribution in [0.3, 0.4) is 0 Å². The molecule has 4 nitrogen and oxygen atoms in total. The molecule has 0 aromatic rings. The zero-order chi connectivity index (χ0) is 20.6. The summed E-state index contributed by atoms with van der Waals surface area (Å²) in [4.78, 5) is 14.1. The first-order valence-corrected chi connectivity index (χ1v) is 12.8. The number of fused-ring (bicyclic) bond motifs is 1. The monoisotopic (exact) mass is 421 g/mol. The van der Waals surface area contributed by atoms with Crippen molar-refractivity contribution in [2.75, 3.05) is 24.6 Å². The third-order valence-corrected chi connectivity index (χ3v) is 7.80. The Morgan fingerprint density at radius 1 is 1.34 bits per heavy atom. The van der Waals surface area contributed by atoms with Crippen molar-refractivity contribution in [2.24, 2.45) is 17.8 Å². The van der Waals surface area contributed by atoms with Crippen LogP contribution in [0.2, 0.25) is 0 Å². The van der Waals surface area contributed by atoms with Gasteiger partial charge in [-0.25, -0.2) is 0 Å². The van der Waals surface area contributed by atoms with Crippen molar-refractivity contribution in [3.63, 3.8) is 0 Å². The lowest BCUT2D eigenvalue weighted by atomic mass is 9.88. The van der Waals surface area contributed by atoms with Crippen molar-refractivity contribution in [3.05, 3.63) is 23.8 Å². The zero-order valence-corrected chi connectivity index (χ0v) is 18.8. The Morgan fingerprint density at radius 2 is 2.14 bits per heavy atom. The number of carbonyl (C=O) groups excluding carboxylic acids is 1. The Kier molecular flexibility index (Phi) is 9.13. The van der Waals surface area contributed by atoms with E-state index in [1.54, 1.807) is 11.8 Å². The molecule has 1 amide bonds. The summed E-state index contributed by atoms with van der Waals surface area (Å²) in [6.45, 7) is 4.06. The molecule has 5 heteroatoms. The van der Waals surface area contributed by atoms with Gasteiger partial charge in [0.25, 0.3) is 0 Å². The molecule has 3 aliphatic rings. The highest BCUT2D eigenvalue weighted by molar-refractivity contribution is 7.99. The van der Waals surface area contributed by atoms with Gasteiger partial charge in [-0.15, -0.1) is 0 Å². The Hall–Kier alpha value is -0.780. The maximum atomic E-state index is 12.1. The average Bonchev–Trinajstić information content (AvgIpc) is 3.41. The predicted octanol–water partition coefficient (Wildman–Crippen LogP) is 4.17. The summed E-state index contributed by atoms with van der Waals surface area (Å²) < 4.78 is 0. The van der Waals surface area contributed by atoms with Crippen LogP contribution in [-0.2, 0) is 4.79 Å². The van der Waals surface area contributed by atoms with E-state index in [2.05, 4.69) is 19.1 Å². The van der Waals surface area contributed by atoms with E-state index in [1.165, 1.54) is 12.0 Å². The number of carbonyl (C=O) groups is 1. The van der Waals surface area contributed by atoms with Gasteiger partial charge in [0.1, 0.15) is 0 Å². The van der Waals surface area contributed by atoms with Crippen LogP contribution in [0, 0.1) is 17.8 Å². The van der Waals surface area contributed by atoms with E-state index in [4.69, 9.17) is 0 Å². The third kappa shape index (κ3) is 6.60. The molecule has 164 valence electrons. The van der Waals surface area contributed by atoms with Crippen molar-refractivity contribution >= 4 is 17.7 Å². The molecule has 2 fully saturated rings. The second-order valence-corrected chi connectivity index (χ2v) is 10.2. The van der Waals surface area contributed by atoms with E-state index >= 15 is 0 Å². The Labute approximate surface area is 180 Å². The number of allylic oxidation sites excluding steroid dienone is 2. The molecule has 5 atom stereocenters. The van der Waals surface area contributed by atoms with Crippen LogP contribution < -0.4 is 0 Å². The molecule has 0 aromatic carbocycles. The number of unbranched alkanes of at least 4 members (excludes halogenated alkanes) is 2. The predicted molar refractivity (Wildman–Crippen MR) is 121 cm³/mol. The normalized spacial score (nSPS) is 30.2. The molecule has 0 bridgehead atoms. The van der Waals surface area contributed by atoms with Crippen LogP contribution in [0.1, 0.15) is 64.7 Å². The molecule has 1 saturated heterocycles. The second kappa shape index (κ2) is 11.6. The lowest BCUT2D eigenvalue weighted by molar-refractivity contribution is -0.127. The number of amides is 1. The third-order valence-electron chi connectivity index (χ3n) is 6.86. The highest BCUT2D eigenvalue weighted by Gasteiger charge is 2.43. The maximum absolute atomic E-state index is 12.1. The molecule has 1 aliphatic heterocycles. The number of aliphatic hydroxyl groups excluding tert-OH is 2. The maximum Gasteiger partial charge on any atom is 0.232 e. The standard InChI is InChI=1S/C24H39NO3S/c1-2-3-4-7-20(26)8-9-21-22-15-18(14-19(22)16-23(21)27)10-13-29-17-24(28)25-11-5-6-12-25/h8-9,14,19-23,26-27H,2-7,10-13,15-17H2,1H3/t19-,20-,21+,22-,23+/m0/s1. The molecule has 29 heavy (non-hydrogen) atoms. The van der Waals surface area contributed by atoms with Gasteiger partial charge in [-0.05, 0) is 56.1 Å². The smallest absolute Gasteiger partial charge is 0.232 e. The molecule has 0 unspecified atom stereocenters. The van der Waals surface area contributed by atoms with Crippen molar-refractivity contribution in [1.82, 2.24) is 4.90 Å². The molecule has 0 aromatic heterocycles. The summed E-state index contributed by atoms with van der Waals surface area (Å²) in [6.07, 6.45) is 15.2. The number of likely N-dealkylation sites (tertiary alicyclic amines) is 1. The lowest BCUT2D eigenvalue weighted by Gasteiger charge is -2.19. The number of hydrogen-bond donors (Lipinski definition) is 2. The van der Waals surface area contributed by atoms with Gasteiger partial charge in [-0.1, -0.05) is 50.0 Å². The highest BCUT2D eigenvalue weighted by atomic mass is 32.2. The molecular formula is C24H39NO3S.